The molecule has 2 N–H and O–H groups in total. The third kappa shape index (κ3) is 2.69. The van der Waals surface area contributed by atoms with E-state index in [0.717, 1.165) is 31.4 Å². The highest BCUT2D eigenvalue weighted by Gasteiger charge is 2.38. The topological polar surface area (TPSA) is 92.4 Å². The van der Waals surface area contributed by atoms with Crippen molar-refractivity contribution in [2.24, 2.45) is 0 Å². The lowest BCUT2D eigenvalue weighted by atomic mass is 9.93. The molecule has 6 nitrogen and oxygen atoms in total. The number of aliphatic carboxylic acids is 1. The van der Waals surface area contributed by atoms with E-state index in [0.29, 0.717) is 18.8 Å². The molecule has 0 aliphatic heterocycles. The van der Waals surface area contributed by atoms with Crippen LogP contribution in [0.1, 0.15) is 67.1 Å². The summed E-state index contributed by atoms with van der Waals surface area (Å²) in [6.07, 6.45) is 5.44. The molecule has 0 bridgehead atoms. The fourth-order valence-electron chi connectivity index (χ4n) is 2.96. The lowest BCUT2D eigenvalue weighted by Crippen LogP contribution is -2.47. The fourth-order valence-corrected chi connectivity index (χ4v) is 2.96. The lowest BCUT2D eigenvalue weighted by Gasteiger charge is -2.27. The third-order valence-corrected chi connectivity index (χ3v) is 4.18. The highest BCUT2D eigenvalue weighted by atomic mass is 16.5. The molecule has 20 heavy (non-hydrogen) atoms. The summed E-state index contributed by atoms with van der Waals surface area (Å²) in [5, 5.41) is 15.8. The van der Waals surface area contributed by atoms with Crippen molar-refractivity contribution in [2.45, 2.75) is 56.4 Å². The Morgan fingerprint density at radius 3 is 2.70 bits per heavy atom. The fraction of sp³-hybridized carbons (Fsp3) is 0.643. The largest absolute Gasteiger partial charge is 0.481 e. The number of nitrogens with one attached hydrogen (secondary N) is 1. The molecule has 2 aliphatic rings. The summed E-state index contributed by atoms with van der Waals surface area (Å²) in [7, 11) is 0. The van der Waals surface area contributed by atoms with Gasteiger partial charge in [0.15, 0.2) is 0 Å². The molecule has 1 aromatic rings. The molecule has 0 aromatic carbocycles. The highest BCUT2D eigenvalue weighted by Crippen LogP contribution is 2.39. The van der Waals surface area contributed by atoms with E-state index in [1.165, 1.54) is 0 Å². The van der Waals surface area contributed by atoms with Crippen LogP contribution in [0.3, 0.4) is 0 Å². The summed E-state index contributed by atoms with van der Waals surface area (Å²) in [4.78, 5) is 23.2. The van der Waals surface area contributed by atoms with Gasteiger partial charge >= 0.3 is 5.97 Å². The molecular weight excluding hydrogens is 260 g/mol. The first-order chi connectivity index (χ1) is 9.58. The average molecular weight is 278 g/mol. The molecule has 0 radical (unpaired) electrons. The number of rotatable bonds is 5. The van der Waals surface area contributed by atoms with Crippen LogP contribution in [0.2, 0.25) is 0 Å². The molecule has 1 amide bonds. The molecule has 2 saturated carbocycles. The van der Waals surface area contributed by atoms with Gasteiger partial charge in [-0.2, -0.15) is 0 Å². The number of carbonyl (C=O) groups is 2. The van der Waals surface area contributed by atoms with E-state index in [1.54, 1.807) is 6.07 Å². The van der Waals surface area contributed by atoms with Crippen LogP contribution in [0.25, 0.3) is 0 Å². The van der Waals surface area contributed by atoms with Gasteiger partial charge in [0.25, 0.3) is 5.91 Å². The predicted molar refractivity (Wildman–Crippen MR) is 69.4 cm³/mol. The molecule has 3 rings (SSSR count). The van der Waals surface area contributed by atoms with Gasteiger partial charge in [-0.3, -0.25) is 9.59 Å². The molecule has 1 aromatic heterocycles. The molecule has 108 valence electrons. The smallest absolute Gasteiger partial charge is 0.305 e. The summed E-state index contributed by atoms with van der Waals surface area (Å²) in [5.74, 6) is -0.626. The van der Waals surface area contributed by atoms with Crippen molar-refractivity contribution in [2.75, 3.05) is 0 Å². The zero-order chi connectivity index (χ0) is 14.2. The first-order valence-corrected chi connectivity index (χ1v) is 7.09. The molecule has 0 unspecified atom stereocenters. The van der Waals surface area contributed by atoms with Crippen LogP contribution < -0.4 is 5.32 Å². The molecule has 0 spiro atoms. The maximum atomic E-state index is 12.2. The summed E-state index contributed by atoms with van der Waals surface area (Å²) in [5.41, 5.74) is 0.198. The summed E-state index contributed by atoms with van der Waals surface area (Å²) in [6, 6.07) is 1.68. The van der Waals surface area contributed by atoms with Crippen molar-refractivity contribution in [1.29, 1.82) is 0 Å². The minimum Gasteiger partial charge on any atom is -0.481 e. The van der Waals surface area contributed by atoms with E-state index in [4.69, 9.17) is 9.63 Å². The third-order valence-electron chi connectivity index (χ3n) is 4.18. The Hall–Kier alpha value is -1.85. The van der Waals surface area contributed by atoms with Crippen molar-refractivity contribution in [1.82, 2.24) is 10.5 Å². The van der Waals surface area contributed by atoms with E-state index >= 15 is 0 Å². The molecule has 2 aliphatic carbocycles. The zero-order valence-corrected chi connectivity index (χ0v) is 11.2. The number of hydrogen-bond donors (Lipinski definition) is 2. The minimum absolute atomic E-state index is 0.0393. The second-order valence-corrected chi connectivity index (χ2v) is 5.90. The number of carboxylic acid groups (broad SMARTS) is 1. The molecule has 6 heteroatoms. The summed E-state index contributed by atoms with van der Waals surface area (Å²) in [6.45, 7) is 0. The molecular formula is C14H18N2O4. The van der Waals surface area contributed by atoms with Crippen LogP contribution in [0, 0.1) is 0 Å². The maximum Gasteiger partial charge on any atom is 0.305 e. The van der Waals surface area contributed by atoms with Gasteiger partial charge in [-0.15, -0.1) is 0 Å². The van der Waals surface area contributed by atoms with Gasteiger partial charge in [-0.05, 0) is 25.7 Å². The zero-order valence-electron chi connectivity index (χ0n) is 11.2. The second kappa shape index (κ2) is 4.92. The highest BCUT2D eigenvalue weighted by molar-refractivity contribution is 5.92. The van der Waals surface area contributed by atoms with Crippen LogP contribution in [-0.2, 0) is 4.79 Å². The molecule has 0 atom stereocenters. The van der Waals surface area contributed by atoms with Crippen LogP contribution in [0.15, 0.2) is 10.6 Å². The van der Waals surface area contributed by atoms with E-state index in [1.807, 2.05) is 0 Å². The summed E-state index contributed by atoms with van der Waals surface area (Å²) >= 11 is 0. The van der Waals surface area contributed by atoms with Crippen molar-refractivity contribution < 1.29 is 19.2 Å². The van der Waals surface area contributed by atoms with E-state index in [-0.39, 0.29) is 18.1 Å². The van der Waals surface area contributed by atoms with Gasteiger partial charge in [0, 0.05) is 12.0 Å². The van der Waals surface area contributed by atoms with Crippen LogP contribution >= 0.6 is 0 Å². The van der Waals surface area contributed by atoms with E-state index in [9.17, 15) is 9.59 Å². The van der Waals surface area contributed by atoms with Gasteiger partial charge in [0.1, 0.15) is 0 Å². The van der Waals surface area contributed by atoms with E-state index < -0.39 is 11.5 Å². The standard InChI is InChI=1S/C14H18N2O4/c17-12(18)8-14(5-1-2-6-14)15-13(19)11-7-10(16-20-11)9-3-4-9/h7,9H,1-6,8H2,(H,15,19)(H,17,18). The van der Waals surface area contributed by atoms with Crippen molar-refractivity contribution in [3.8, 4) is 0 Å². The van der Waals surface area contributed by atoms with Gasteiger partial charge in [0.05, 0.1) is 17.7 Å². The first-order valence-electron chi connectivity index (χ1n) is 7.09. The lowest BCUT2D eigenvalue weighted by molar-refractivity contribution is -0.138. The number of nitrogens with zero attached hydrogens (tertiary/aromatic N) is 1. The van der Waals surface area contributed by atoms with Crippen LogP contribution in [-0.4, -0.2) is 27.7 Å². The normalized spacial score (nSPS) is 20.8. The van der Waals surface area contributed by atoms with Crippen LogP contribution in [0.5, 0.6) is 0 Å². The number of aromatic nitrogens is 1. The monoisotopic (exact) mass is 278 g/mol. The van der Waals surface area contributed by atoms with Gasteiger partial charge < -0.3 is 14.9 Å². The molecule has 1 heterocycles. The number of carboxylic acids is 1. The van der Waals surface area contributed by atoms with Gasteiger partial charge in [-0.1, -0.05) is 18.0 Å². The van der Waals surface area contributed by atoms with Crippen molar-refractivity contribution in [3.05, 3.63) is 17.5 Å². The van der Waals surface area contributed by atoms with E-state index in [2.05, 4.69) is 10.5 Å². The maximum absolute atomic E-state index is 12.2. The van der Waals surface area contributed by atoms with Crippen molar-refractivity contribution in [3.63, 3.8) is 0 Å². The van der Waals surface area contributed by atoms with Gasteiger partial charge in [-0.25, -0.2) is 0 Å². The average Bonchev–Trinajstić information content (AvgIpc) is 2.94. The second-order valence-electron chi connectivity index (χ2n) is 5.90. The quantitative estimate of drug-likeness (QED) is 0.860. The Morgan fingerprint density at radius 2 is 2.10 bits per heavy atom. The Bertz CT molecular complexity index is 527. The predicted octanol–water partition coefficient (Wildman–Crippen LogP) is 2.07. The molecule has 2 fully saturated rings. The van der Waals surface area contributed by atoms with Crippen molar-refractivity contribution >= 4 is 11.9 Å². The van der Waals surface area contributed by atoms with Gasteiger partial charge in [0.2, 0.25) is 5.76 Å². The van der Waals surface area contributed by atoms with Crippen LogP contribution in [0.4, 0.5) is 0 Å². The summed E-state index contributed by atoms with van der Waals surface area (Å²) < 4.78 is 5.08. The SMILES string of the molecule is O=C(O)CC1(NC(=O)c2cc(C3CC3)no2)CCCC1. The Kier molecular flexibility index (Phi) is 3.23. The minimum atomic E-state index is -0.886. The number of amides is 1. The Morgan fingerprint density at radius 1 is 1.40 bits per heavy atom. The Labute approximate surface area is 116 Å². The Balaban J connectivity index is 1.70. The number of hydrogen-bond acceptors (Lipinski definition) is 4. The first kappa shape index (κ1) is 13.1. The molecule has 0 saturated heterocycles. The number of carbonyl (C=O) groups excluding carboxylic acids is 1.